The van der Waals surface area contributed by atoms with Gasteiger partial charge in [0, 0.05) is 11.7 Å². The molecule has 0 fully saturated rings. The molecule has 1 N–H and O–H groups in total. The van der Waals surface area contributed by atoms with Gasteiger partial charge in [0.1, 0.15) is 0 Å². The van der Waals surface area contributed by atoms with Crippen LogP contribution in [0.4, 0.5) is 0 Å². The maximum absolute atomic E-state index is 11.9. The summed E-state index contributed by atoms with van der Waals surface area (Å²) >= 11 is 1.67. The number of aliphatic carboxylic acids is 1. The highest BCUT2D eigenvalue weighted by molar-refractivity contribution is 8.02. The summed E-state index contributed by atoms with van der Waals surface area (Å²) in [6.45, 7) is 0. The van der Waals surface area contributed by atoms with Gasteiger partial charge in [0.25, 0.3) is 0 Å². The number of carboxylic acids is 1. The van der Waals surface area contributed by atoms with Crippen LogP contribution in [0.15, 0.2) is 71.6 Å². The molecule has 0 bridgehead atoms. The maximum atomic E-state index is 11.9. The van der Waals surface area contributed by atoms with Crippen molar-refractivity contribution < 1.29 is 9.90 Å². The van der Waals surface area contributed by atoms with Gasteiger partial charge in [0.2, 0.25) is 0 Å². The van der Waals surface area contributed by atoms with Crippen molar-refractivity contribution in [2.24, 2.45) is 5.92 Å². The average Bonchev–Trinajstić information content (AvgIpc) is 2.61. The normalized spacial score (nSPS) is 20.8. The molecule has 2 unspecified atom stereocenters. The van der Waals surface area contributed by atoms with E-state index in [1.807, 2.05) is 48.5 Å². The molecule has 0 radical (unpaired) electrons. The molecule has 0 spiro atoms. The fraction of sp³-hybridized carbons (Fsp3) is 0.250. The molecule has 2 aromatic carbocycles. The van der Waals surface area contributed by atoms with Crippen molar-refractivity contribution >= 4 is 17.7 Å². The quantitative estimate of drug-likeness (QED) is 0.833. The minimum atomic E-state index is -0.717. The molecule has 3 heteroatoms. The number of carbonyl (C=O) groups is 1. The molecule has 1 aliphatic carbocycles. The monoisotopic (exact) mass is 324 g/mol. The third kappa shape index (κ3) is 3.85. The second kappa shape index (κ2) is 7.51. The summed E-state index contributed by atoms with van der Waals surface area (Å²) in [7, 11) is 0. The second-order valence-electron chi connectivity index (χ2n) is 5.79. The van der Waals surface area contributed by atoms with E-state index < -0.39 is 11.9 Å². The Hall–Kier alpha value is -2.00. The molecule has 1 aliphatic rings. The van der Waals surface area contributed by atoms with Gasteiger partial charge in [-0.3, -0.25) is 4.79 Å². The van der Waals surface area contributed by atoms with Crippen molar-refractivity contribution in [1.82, 2.24) is 0 Å². The molecule has 2 nitrogen and oxygen atoms in total. The average molecular weight is 324 g/mol. The third-order valence-electron chi connectivity index (χ3n) is 4.27. The number of hydrogen-bond donors (Lipinski definition) is 1. The molecule has 0 amide bonds. The zero-order valence-electron chi connectivity index (χ0n) is 12.9. The second-order valence-corrected chi connectivity index (χ2v) is 6.84. The Kier molecular flexibility index (Phi) is 5.19. The summed E-state index contributed by atoms with van der Waals surface area (Å²) in [5.74, 6) is -0.264. The fourth-order valence-corrected chi connectivity index (χ4v) is 4.35. The van der Waals surface area contributed by atoms with Crippen LogP contribution in [-0.4, -0.2) is 11.1 Å². The Bertz CT molecular complexity index is 679. The van der Waals surface area contributed by atoms with Gasteiger partial charge in [-0.2, -0.15) is 0 Å². The largest absolute Gasteiger partial charge is 0.481 e. The standard InChI is InChI=1S/C20H20O2S/c21-20(22)19-17(16-10-5-2-6-11-16)12-7-13-18(19)23-14-15-8-3-1-4-9-15/h1-6,8-11,13,17,19H,7,12,14H2,(H,21,22). The van der Waals surface area contributed by atoms with Gasteiger partial charge in [-0.25, -0.2) is 0 Å². The topological polar surface area (TPSA) is 37.3 Å². The fourth-order valence-electron chi connectivity index (χ4n) is 3.14. The Morgan fingerprint density at radius 1 is 1.04 bits per heavy atom. The summed E-state index contributed by atoms with van der Waals surface area (Å²) in [4.78, 5) is 12.9. The van der Waals surface area contributed by atoms with Gasteiger partial charge in [-0.15, -0.1) is 11.8 Å². The predicted octanol–water partition coefficient (Wildman–Crippen LogP) is 5.08. The van der Waals surface area contributed by atoms with E-state index in [0.717, 1.165) is 29.1 Å². The molecule has 2 aromatic rings. The van der Waals surface area contributed by atoms with Gasteiger partial charge in [0.05, 0.1) is 5.92 Å². The number of carboxylic acid groups (broad SMARTS) is 1. The summed E-state index contributed by atoms with van der Waals surface area (Å²) in [5.41, 5.74) is 2.36. The van der Waals surface area contributed by atoms with Crippen LogP contribution in [0.1, 0.15) is 29.9 Å². The van der Waals surface area contributed by atoms with E-state index in [-0.39, 0.29) is 5.92 Å². The number of rotatable bonds is 5. The van der Waals surface area contributed by atoms with E-state index in [9.17, 15) is 9.90 Å². The highest BCUT2D eigenvalue weighted by Crippen LogP contribution is 2.43. The van der Waals surface area contributed by atoms with E-state index in [4.69, 9.17) is 0 Å². The minimum Gasteiger partial charge on any atom is -0.481 e. The molecular weight excluding hydrogens is 304 g/mol. The van der Waals surface area contributed by atoms with E-state index in [2.05, 4.69) is 18.2 Å². The summed E-state index contributed by atoms with van der Waals surface area (Å²) in [6.07, 6.45) is 3.96. The lowest BCUT2D eigenvalue weighted by molar-refractivity contribution is -0.141. The molecule has 23 heavy (non-hydrogen) atoms. The molecule has 2 atom stereocenters. The van der Waals surface area contributed by atoms with Crippen LogP contribution < -0.4 is 0 Å². The van der Waals surface area contributed by atoms with E-state index in [0.29, 0.717) is 0 Å². The van der Waals surface area contributed by atoms with E-state index in [1.54, 1.807) is 11.8 Å². The first-order valence-corrected chi connectivity index (χ1v) is 8.89. The first kappa shape index (κ1) is 15.9. The Morgan fingerprint density at radius 2 is 1.70 bits per heavy atom. The third-order valence-corrected chi connectivity index (χ3v) is 5.51. The van der Waals surface area contributed by atoms with Crippen molar-refractivity contribution in [3.8, 4) is 0 Å². The van der Waals surface area contributed by atoms with Crippen molar-refractivity contribution in [3.63, 3.8) is 0 Å². The SMILES string of the molecule is O=C(O)C1C(SCc2ccccc2)=CCCC1c1ccccc1. The van der Waals surface area contributed by atoms with E-state index >= 15 is 0 Å². The lowest BCUT2D eigenvalue weighted by Gasteiger charge is -2.30. The number of thioether (sulfide) groups is 1. The number of hydrogen-bond acceptors (Lipinski definition) is 2. The first-order valence-electron chi connectivity index (χ1n) is 7.90. The van der Waals surface area contributed by atoms with Gasteiger partial charge in [-0.05, 0) is 28.9 Å². The van der Waals surface area contributed by atoms with Crippen LogP contribution in [0, 0.1) is 5.92 Å². The van der Waals surface area contributed by atoms with Crippen LogP contribution in [0.5, 0.6) is 0 Å². The van der Waals surface area contributed by atoms with Crippen LogP contribution in [0.25, 0.3) is 0 Å². The van der Waals surface area contributed by atoms with Crippen LogP contribution in [0.2, 0.25) is 0 Å². The van der Waals surface area contributed by atoms with Gasteiger partial charge >= 0.3 is 5.97 Å². The predicted molar refractivity (Wildman–Crippen MR) is 95.4 cm³/mol. The number of allylic oxidation sites excluding steroid dienone is 1. The Balaban J connectivity index is 1.79. The highest BCUT2D eigenvalue weighted by atomic mass is 32.2. The molecule has 0 saturated heterocycles. The highest BCUT2D eigenvalue weighted by Gasteiger charge is 2.34. The molecule has 0 heterocycles. The summed E-state index contributed by atoms with van der Waals surface area (Å²) in [6, 6.07) is 20.3. The molecule has 3 rings (SSSR count). The zero-order chi connectivity index (χ0) is 16.1. The summed E-state index contributed by atoms with van der Waals surface area (Å²) in [5, 5.41) is 9.78. The van der Waals surface area contributed by atoms with Crippen LogP contribution in [0.3, 0.4) is 0 Å². The molecule has 0 aromatic heterocycles. The van der Waals surface area contributed by atoms with Gasteiger partial charge in [0.15, 0.2) is 0 Å². The van der Waals surface area contributed by atoms with Gasteiger partial charge < -0.3 is 5.11 Å². The van der Waals surface area contributed by atoms with Crippen molar-refractivity contribution in [2.45, 2.75) is 24.5 Å². The minimum absolute atomic E-state index is 0.0666. The van der Waals surface area contributed by atoms with Crippen molar-refractivity contribution in [1.29, 1.82) is 0 Å². The van der Waals surface area contributed by atoms with Crippen LogP contribution in [-0.2, 0) is 10.5 Å². The molecule has 0 saturated carbocycles. The van der Waals surface area contributed by atoms with E-state index in [1.165, 1.54) is 5.56 Å². The molecular formula is C20H20O2S. The lowest BCUT2D eigenvalue weighted by Crippen LogP contribution is -2.25. The van der Waals surface area contributed by atoms with Crippen LogP contribution >= 0.6 is 11.8 Å². The summed E-state index contributed by atoms with van der Waals surface area (Å²) < 4.78 is 0. The Morgan fingerprint density at radius 3 is 2.35 bits per heavy atom. The zero-order valence-corrected chi connectivity index (χ0v) is 13.7. The maximum Gasteiger partial charge on any atom is 0.312 e. The molecule has 118 valence electrons. The Labute approximate surface area is 141 Å². The number of benzene rings is 2. The lowest BCUT2D eigenvalue weighted by atomic mass is 9.79. The van der Waals surface area contributed by atoms with Crippen molar-refractivity contribution in [2.75, 3.05) is 0 Å². The van der Waals surface area contributed by atoms with Gasteiger partial charge in [-0.1, -0.05) is 66.7 Å². The van der Waals surface area contributed by atoms with Crippen molar-refractivity contribution in [3.05, 3.63) is 82.8 Å². The first-order chi connectivity index (χ1) is 11.3. The molecule has 0 aliphatic heterocycles. The smallest absolute Gasteiger partial charge is 0.312 e.